The predicted molar refractivity (Wildman–Crippen MR) is 226 cm³/mol. The Kier molecular flexibility index (Phi) is 15.1. The minimum atomic E-state index is -3.95. The van der Waals surface area contributed by atoms with E-state index in [-0.39, 0.29) is 53.0 Å². The van der Waals surface area contributed by atoms with E-state index in [0.717, 1.165) is 22.3 Å². The predicted octanol–water partition coefficient (Wildman–Crippen LogP) is 7.52. The first-order valence-corrected chi connectivity index (χ1v) is 21.3. The summed E-state index contributed by atoms with van der Waals surface area (Å²) in [6.07, 6.45) is 0. The van der Waals surface area contributed by atoms with Gasteiger partial charge in [0.15, 0.2) is 0 Å². The van der Waals surface area contributed by atoms with Gasteiger partial charge in [-0.2, -0.15) is 8.61 Å². The first-order chi connectivity index (χ1) is 28.6. The third-order valence-electron chi connectivity index (χ3n) is 9.03. The molecular formula is C45H43N3O10S2. The number of nitrogens with one attached hydrogen (secondary N) is 1. The highest BCUT2D eigenvalue weighted by molar-refractivity contribution is 7.89. The molecule has 0 radical (unpaired) electrons. The van der Waals surface area contributed by atoms with Gasteiger partial charge < -0.3 is 20.3 Å². The lowest BCUT2D eigenvalue weighted by Gasteiger charge is -2.23. The number of benzene rings is 6. The standard InChI is InChI=1S/C24H24N2O6S.C21H19NO4S/c1-17(27)25-21-9-3-18(4-10-21)15-26(16-19-5-11-22(32-2)12-6-19)33(30,31)23-13-7-20(8-14-23)24(28)29;23-21(24)19-11-13-20(14-12-19)27(25,26)22(15-17-7-3-1-4-8-17)16-18-9-5-2-6-10-18/h3-14H,15-16H2,1-2H3,(H,25,27)(H,28,29);1-14H,15-16H2,(H,23,24). The van der Waals surface area contributed by atoms with Crippen molar-refractivity contribution in [3.63, 3.8) is 0 Å². The Morgan fingerprint density at radius 3 is 1.15 bits per heavy atom. The number of amides is 1. The second kappa shape index (κ2) is 20.4. The number of hydrogen-bond acceptors (Lipinski definition) is 8. The molecule has 6 aromatic carbocycles. The second-order valence-electron chi connectivity index (χ2n) is 13.4. The van der Waals surface area contributed by atoms with Gasteiger partial charge in [-0.15, -0.1) is 0 Å². The summed E-state index contributed by atoms with van der Waals surface area (Å²) in [6.45, 7) is 2.03. The molecule has 0 atom stereocenters. The van der Waals surface area contributed by atoms with Gasteiger partial charge in [0.2, 0.25) is 26.0 Å². The summed E-state index contributed by atoms with van der Waals surface area (Å²) in [7, 11) is -6.19. The molecular weight excluding hydrogens is 807 g/mol. The maximum absolute atomic E-state index is 13.5. The maximum Gasteiger partial charge on any atom is 0.335 e. The van der Waals surface area contributed by atoms with Crippen LogP contribution in [-0.4, -0.2) is 60.6 Å². The fraction of sp³-hybridized carbons (Fsp3) is 0.133. The molecule has 310 valence electrons. The van der Waals surface area contributed by atoms with Crippen LogP contribution in [0.3, 0.4) is 0 Å². The molecule has 0 bridgehead atoms. The third kappa shape index (κ3) is 12.2. The van der Waals surface area contributed by atoms with E-state index in [4.69, 9.17) is 14.9 Å². The molecule has 0 fully saturated rings. The van der Waals surface area contributed by atoms with Crippen LogP contribution in [0.5, 0.6) is 5.75 Å². The number of sulfonamides is 2. The Labute approximate surface area is 349 Å². The molecule has 15 heteroatoms. The van der Waals surface area contributed by atoms with Crippen molar-refractivity contribution in [1.82, 2.24) is 8.61 Å². The number of anilines is 1. The number of carbonyl (C=O) groups excluding carboxylic acids is 1. The van der Waals surface area contributed by atoms with Gasteiger partial charge in [-0.05, 0) is 95.1 Å². The summed E-state index contributed by atoms with van der Waals surface area (Å²) >= 11 is 0. The Balaban J connectivity index is 0.000000232. The zero-order valence-electron chi connectivity index (χ0n) is 32.7. The van der Waals surface area contributed by atoms with Crippen LogP contribution in [0.4, 0.5) is 5.69 Å². The van der Waals surface area contributed by atoms with Crippen LogP contribution in [0, 0.1) is 0 Å². The average Bonchev–Trinajstić information content (AvgIpc) is 3.25. The van der Waals surface area contributed by atoms with Gasteiger partial charge >= 0.3 is 11.9 Å². The van der Waals surface area contributed by atoms with Crippen molar-refractivity contribution in [3.05, 3.63) is 191 Å². The summed E-state index contributed by atoms with van der Waals surface area (Å²) < 4.78 is 61.2. The molecule has 0 spiro atoms. The summed E-state index contributed by atoms with van der Waals surface area (Å²) in [6, 6.07) is 43.1. The largest absolute Gasteiger partial charge is 0.497 e. The zero-order chi connectivity index (χ0) is 43.3. The Bertz CT molecular complexity index is 2550. The van der Waals surface area contributed by atoms with E-state index in [9.17, 15) is 31.2 Å². The van der Waals surface area contributed by atoms with E-state index in [1.54, 1.807) is 55.6 Å². The van der Waals surface area contributed by atoms with E-state index in [0.29, 0.717) is 11.4 Å². The average molecular weight is 850 g/mol. The van der Waals surface area contributed by atoms with Gasteiger partial charge in [-0.25, -0.2) is 26.4 Å². The monoisotopic (exact) mass is 849 g/mol. The molecule has 0 aliphatic heterocycles. The molecule has 0 aliphatic carbocycles. The number of aromatic carboxylic acids is 2. The van der Waals surface area contributed by atoms with Crippen LogP contribution in [0.1, 0.15) is 49.9 Å². The smallest absolute Gasteiger partial charge is 0.335 e. The highest BCUT2D eigenvalue weighted by Crippen LogP contribution is 2.25. The quantitative estimate of drug-likeness (QED) is 0.0879. The van der Waals surface area contributed by atoms with Crippen molar-refractivity contribution in [3.8, 4) is 5.75 Å². The highest BCUT2D eigenvalue weighted by Gasteiger charge is 2.27. The van der Waals surface area contributed by atoms with Crippen LogP contribution >= 0.6 is 0 Å². The molecule has 0 unspecified atom stereocenters. The summed E-state index contributed by atoms with van der Waals surface area (Å²) in [4.78, 5) is 33.4. The van der Waals surface area contributed by atoms with Crippen molar-refractivity contribution in [2.45, 2.75) is 42.9 Å². The number of ether oxygens (including phenoxy) is 1. The van der Waals surface area contributed by atoms with Crippen LogP contribution < -0.4 is 10.1 Å². The van der Waals surface area contributed by atoms with Crippen LogP contribution in [0.15, 0.2) is 168 Å². The molecule has 0 heterocycles. The number of methoxy groups -OCH3 is 1. The molecule has 13 nitrogen and oxygen atoms in total. The number of nitrogens with zero attached hydrogens (tertiary/aromatic N) is 2. The van der Waals surface area contributed by atoms with Crippen molar-refractivity contribution >= 4 is 43.6 Å². The van der Waals surface area contributed by atoms with Crippen LogP contribution in [0.2, 0.25) is 0 Å². The second-order valence-corrected chi connectivity index (χ2v) is 17.3. The van der Waals surface area contributed by atoms with Gasteiger partial charge in [-0.3, -0.25) is 4.79 Å². The number of carboxylic acid groups (broad SMARTS) is 2. The Morgan fingerprint density at radius 2 is 0.833 bits per heavy atom. The van der Waals surface area contributed by atoms with Crippen molar-refractivity contribution < 1.29 is 46.2 Å². The normalized spacial score (nSPS) is 11.3. The summed E-state index contributed by atoms with van der Waals surface area (Å²) in [5, 5.41) is 20.8. The van der Waals surface area contributed by atoms with Gasteiger partial charge in [0.25, 0.3) is 0 Å². The van der Waals surface area contributed by atoms with Gasteiger partial charge in [0, 0.05) is 38.8 Å². The topological polar surface area (TPSA) is 188 Å². The van der Waals surface area contributed by atoms with Gasteiger partial charge in [-0.1, -0.05) is 84.9 Å². The SMILES string of the molecule is COc1ccc(CN(Cc2ccc(NC(C)=O)cc2)S(=O)(=O)c2ccc(C(=O)O)cc2)cc1.O=C(O)c1ccc(S(=O)(=O)N(Cc2ccccc2)Cc2ccccc2)cc1. The number of hydrogen-bond donors (Lipinski definition) is 3. The Hall–Kier alpha value is -6.65. The van der Waals surface area contributed by atoms with E-state index in [2.05, 4.69) is 5.32 Å². The number of carboxylic acids is 2. The molecule has 3 N–H and O–H groups in total. The van der Waals surface area contributed by atoms with Crippen molar-refractivity contribution in [1.29, 1.82) is 0 Å². The number of carbonyl (C=O) groups is 3. The van der Waals surface area contributed by atoms with E-state index < -0.39 is 32.0 Å². The van der Waals surface area contributed by atoms with Gasteiger partial charge in [0.05, 0.1) is 28.0 Å². The molecule has 1 amide bonds. The lowest BCUT2D eigenvalue weighted by atomic mass is 10.2. The molecule has 0 saturated heterocycles. The van der Waals surface area contributed by atoms with E-state index >= 15 is 0 Å². The van der Waals surface area contributed by atoms with Crippen molar-refractivity contribution in [2.75, 3.05) is 12.4 Å². The fourth-order valence-electron chi connectivity index (χ4n) is 5.90. The maximum atomic E-state index is 13.5. The minimum absolute atomic E-state index is 0.00382. The summed E-state index contributed by atoms with van der Waals surface area (Å²) in [5.74, 6) is -1.76. The molecule has 0 aliphatic rings. The fourth-order valence-corrected chi connectivity index (χ4v) is 8.73. The molecule has 0 aromatic heterocycles. The van der Waals surface area contributed by atoms with Crippen LogP contribution in [-0.2, 0) is 51.0 Å². The van der Waals surface area contributed by atoms with E-state index in [1.165, 1.54) is 64.1 Å². The molecule has 0 saturated carbocycles. The lowest BCUT2D eigenvalue weighted by molar-refractivity contribution is -0.114. The molecule has 6 rings (SSSR count). The lowest BCUT2D eigenvalue weighted by Crippen LogP contribution is -2.30. The van der Waals surface area contributed by atoms with E-state index in [1.807, 2.05) is 60.7 Å². The number of rotatable bonds is 16. The first-order valence-electron chi connectivity index (χ1n) is 18.4. The Morgan fingerprint density at radius 1 is 0.500 bits per heavy atom. The molecule has 6 aromatic rings. The van der Waals surface area contributed by atoms with Gasteiger partial charge in [0.1, 0.15) is 5.75 Å². The molecule has 60 heavy (non-hydrogen) atoms. The van der Waals surface area contributed by atoms with Crippen molar-refractivity contribution in [2.24, 2.45) is 0 Å². The summed E-state index contributed by atoms with van der Waals surface area (Å²) in [5.41, 5.74) is 3.90. The minimum Gasteiger partial charge on any atom is -0.497 e. The highest BCUT2D eigenvalue weighted by atomic mass is 32.2. The zero-order valence-corrected chi connectivity index (χ0v) is 34.3. The first kappa shape index (κ1) is 44.5. The van der Waals surface area contributed by atoms with Crippen LogP contribution in [0.25, 0.3) is 0 Å². The third-order valence-corrected chi connectivity index (χ3v) is 12.6.